The molecule has 4 nitrogen and oxygen atoms in total. The van der Waals surface area contributed by atoms with Crippen LogP contribution in [0.4, 0.5) is 0 Å². The average molecular weight is 223 g/mol. The monoisotopic (exact) mass is 223 g/mol. The Morgan fingerprint density at radius 2 is 2.19 bits per heavy atom. The maximum atomic E-state index is 5.70. The van der Waals surface area contributed by atoms with E-state index in [-0.39, 0.29) is 11.6 Å². The smallest absolute Gasteiger partial charge is 0.0833 e. The zero-order valence-corrected chi connectivity index (χ0v) is 10.4. The molecule has 1 atom stereocenters. The quantitative estimate of drug-likeness (QED) is 0.589. The molecule has 1 rings (SSSR count). The molecule has 4 heteroatoms. The van der Waals surface area contributed by atoms with Crippen molar-refractivity contribution in [3.05, 3.63) is 29.6 Å². The van der Waals surface area contributed by atoms with Crippen molar-refractivity contribution in [3.8, 4) is 0 Å². The first-order valence-electron chi connectivity index (χ1n) is 5.54. The highest BCUT2D eigenvalue weighted by atomic mass is 16.5. The van der Waals surface area contributed by atoms with E-state index in [2.05, 4.69) is 10.4 Å². The van der Waals surface area contributed by atoms with Crippen LogP contribution in [-0.2, 0) is 4.74 Å². The van der Waals surface area contributed by atoms with Crippen LogP contribution in [0.25, 0.3) is 0 Å². The Bertz CT molecular complexity index is 322. The molecule has 0 aromatic carbocycles. The van der Waals surface area contributed by atoms with Gasteiger partial charge in [0.15, 0.2) is 0 Å². The van der Waals surface area contributed by atoms with E-state index in [1.54, 1.807) is 0 Å². The van der Waals surface area contributed by atoms with Crippen molar-refractivity contribution in [2.75, 3.05) is 6.61 Å². The summed E-state index contributed by atoms with van der Waals surface area (Å²) in [5, 5.41) is 0. The third-order valence-corrected chi connectivity index (χ3v) is 2.65. The second-order valence-electron chi connectivity index (χ2n) is 4.37. The van der Waals surface area contributed by atoms with Gasteiger partial charge in [0.1, 0.15) is 0 Å². The lowest BCUT2D eigenvalue weighted by Crippen LogP contribution is -2.44. The van der Waals surface area contributed by atoms with Gasteiger partial charge < -0.3 is 4.74 Å². The third-order valence-electron chi connectivity index (χ3n) is 2.65. The number of nitrogens with two attached hydrogens (primary N) is 1. The van der Waals surface area contributed by atoms with E-state index < -0.39 is 0 Å². The van der Waals surface area contributed by atoms with Crippen molar-refractivity contribution < 1.29 is 4.74 Å². The van der Waals surface area contributed by atoms with Gasteiger partial charge in [0.2, 0.25) is 0 Å². The first-order valence-corrected chi connectivity index (χ1v) is 5.54. The first kappa shape index (κ1) is 13.1. The molecule has 0 aliphatic heterocycles. The minimum Gasteiger partial charge on any atom is -0.374 e. The summed E-state index contributed by atoms with van der Waals surface area (Å²) in [5.74, 6) is 5.60. The van der Waals surface area contributed by atoms with Gasteiger partial charge in [-0.25, -0.2) is 0 Å². The number of ether oxygens (including phenoxy) is 1. The number of hydrazine groups is 1. The molecular weight excluding hydrogens is 202 g/mol. The number of hydrogen-bond donors (Lipinski definition) is 2. The van der Waals surface area contributed by atoms with Gasteiger partial charge in [0.05, 0.1) is 11.6 Å². The van der Waals surface area contributed by atoms with Crippen molar-refractivity contribution in [3.63, 3.8) is 0 Å². The normalized spacial score (nSPS) is 13.8. The topological polar surface area (TPSA) is 60.2 Å². The molecular formula is C12H21N3O. The van der Waals surface area contributed by atoms with E-state index in [0.29, 0.717) is 6.61 Å². The molecule has 0 radical (unpaired) electrons. The fourth-order valence-electron chi connectivity index (χ4n) is 1.80. The predicted molar refractivity (Wildman–Crippen MR) is 64.7 cm³/mol. The van der Waals surface area contributed by atoms with Gasteiger partial charge in [-0.05, 0) is 39.3 Å². The van der Waals surface area contributed by atoms with E-state index in [4.69, 9.17) is 10.6 Å². The molecule has 1 unspecified atom stereocenters. The van der Waals surface area contributed by atoms with Crippen LogP contribution < -0.4 is 11.3 Å². The maximum absolute atomic E-state index is 5.70. The molecule has 16 heavy (non-hydrogen) atoms. The molecule has 90 valence electrons. The SMILES string of the molecule is CCOC(C)(C)C(NN)c1ccc(C)nc1. The Balaban J connectivity index is 2.93. The van der Waals surface area contributed by atoms with Crippen LogP contribution in [0.15, 0.2) is 18.3 Å². The summed E-state index contributed by atoms with van der Waals surface area (Å²) in [6.45, 7) is 8.62. The lowest BCUT2D eigenvalue weighted by Gasteiger charge is -2.33. The van der Waals surface area contributed by atoms with Gasteiger partial charge in [0.25, 0.3) is 0 Å². The van der Waals surface area contributed by atoms with Crippen molar-refractivity contribution in [1.29, 1.82) is 0 Å². The highest BCUT2D eigenvalue weighted by Crippen LogP contribution is 2.27. The average Bonchev–Trinajstić information content (AvgIpc) is 2.21. The Morgan fingerprint density at radius 3 is 2.62 bits per heavy atom. The summed E-state index contributed by atoms with van der Waals surface area (Å²) in [7, 11) is 0. The molecule has 1 aromatic rings. The van der Waals surface area contributed by atoms with Gasteiger partial charge in [0, 0.05) is 18.5 Å². The summed E-state index contributed by atoms with van der Waals surface area (Å²) in [4.78, 5) is 4.27. The second-order valence-corrected chi connectivity index (χ2v) is 4.37. The van der Waals surface area contributed by atoms with E-state index in [1.807, 2.05) is 46.0 Å². The van der Waals surface area contributed by atoms with Crippen molar-refractivity contribution in [2.45, 2.75) is 39.3 Å². The van der Waals surface area contributed by atoms with E-state index >= 15 is 0 Å². The fourth-order valence-corrected chi connectivity index (χ4v) is 1.80. The van der Waals surface area contributed by atoms with Gasteiger partial charge in [-0.15, -0.1) is 0 Å². The largest absolute Gasteiger partial charge is 0.374 e. The molecule has 0 aliphatic carbocycles. The summed E-state index contributed by atoms with van der Waals surface area (Å²) in [5.41, 5.74) is 4.47. The highest BCUT2D eigenvalue weighted by molar-refractivity contribution is 5.19. The van der Waals surface area contributed by atoms with Crippen molar-refractivity contribution in [1.82, 2.24) is 10.4 Å². The Kier molecular flexibility index (Phi) is 4.41. The van der Waals surface area contributed by atoms with Crippen molar-refractivity contribution >= 4 is 0 Å². The summed E-state index contributed by atoms with van der Waals surface area (Å²) >= 11 is 0. The minimum atomic E-state index is -0.361. The summed E-state index contributed by atoms with van der Waals surface area (Å²) in [6.07, 6.45) is 1.83. The van der Waals surface area contributed by atoms with Crippen LogP contribution in [0.2, 0.25) is 0 Å². The molecule has 3 N–H and O–H groups in total. The van der Waals surface area contributed by atoms with Crippen LogP contribution >= 0.6 is 0 Å². The summed E-state index contributed by atoms with van der Waals surface area (Å²) in [6, 6.07) is 3.93. The number of hydrogen-bond acceptors (Lipinski definition) is 4. The number of nitrogens with zero attached hydrogens (tertiary/aromatic N) is 1. The Morgan fingerprint density at radius 1 is 1.50 bits per heavy atom. The van der Waals surface area contributed by atoms with Crippen LogP contribution in [0.5, 0.6) is 0 Å². The number of pyridine rings is 1. The molecule has 0 amide bonds. The lowest BCUT2D eigenvalue weighted by molar-refractivity contribution is -0.0393. The molecule has 0 saturated heterocycles. The van der Waals surface area contributed by atoms with Gasteiger partial charge >= 0.3 is 0 Å². The van der Waals surface area contributed by atoms with Crippen LogP contribution in [0.1, 0.15) is 38.1 Å². The molecule has 1 heterocycles. The summed E-state index contributed by atoms with van der Waals surface area (Å²) < 4.78 is 5.70. The molecule has 0 bridgehead atoms. The number of aryl methyl sites for hydroxylation is 1. The van der Waals surface area contributed by atoms with Crippen LogP contribution in [0, 0.1) is 6.92 Å². The van der Waals surface area contributed by atoms with E-state index in [0.717, 1.165) is 11.3 Å². The first-order chi connectivity index (χ1) is 7.51. The number of aromatic nitrogens is 1. The van der Waals surface area contributed by atoms with E-state index in [1.165, 1.54) is 0 Å². The minimum absolute atomic E-state index is 0.0689. The van der Waals surface area contributed by atoms with Gasteiger partial charge in [-0.1, -0.05) is 6.07 Å². The van der Waals surface area contributed by atoms with Gasteiger partial charge in [-0.3, -0.25) is 16.3 Å². The number of nitrogens with one attached hydrogen (secondary N) is 1. The second kappa shape index (κ2) is 5.39. The third kappa shape index (κ3) is 3.01. The standard InChI is InChI=1S/C12H21N3O/c1-5-16-12(3,4)11(15-13)10-7-6-9(2)14-8-10/h6-8,11,15H,5,13H2,1-4H3. The molecule has 0 saturated carbocycles. The zero-order chi connectivity index (χ0) is 12.2. The van der Waals surface area contributed by atoms with Crippen LogP contribution in [-0.4, -0.2) is 17.2 Å². The zero-order valence-electron chi connectivity index (χ0n) is 10.4. The Hall–Kier alpha value is -0.970. The highest BCUT2D eigenvalue weighted by Gasteiger charge is 2.30. The predicted octanol–water partition coefficient (Wildman–Crippen LogP) is 1.71. The maximum Gasteiger partial charge on any atom is 0.0833 e. The molecule has 0 aliphatic rings. The Labute approximate surface area is 97.2 Å². The van der Waals surface area contributed by atoms with Crippen molar-refractivity contribution in [2.24, 2.45) is 5.84 Å². The molecule has 0 spiro atoms. The molecule has 0 fully saturated rings. The van der Waals surface area contributed by atoms with Gasteiger partial charge in [-0.2, -0.15) is 0 Å². The number of rotatable bonds is 5. The lowest BCUT2D eigenvalue weighted by atomic mass is 9.93. The molecule has 1 aromatic heterocycles. The fraction of sp³-hybridized carbons (Fsp3) is 0.583. The van der Waals surface area contributed by atoms with E-state index in [9.17, 15) is 0 Å². The van der Waals surface area contributed by atoms with Crippen LogP contribution in [0.3, 0.4) is 0 Å².